The van der Waals surface area contributed by atoms with E-state index < -0.39 is 0 Å². The lowest BCUT2D eigenvalue weighted by atomic mass is 9.98. The number of anilines is 1. The molecule has 0 saturated carbocycles. The molecule has 0 aliphatic carbocycles. The summed E-state index contributed by atoms with van der Waals surface area (Å²) in [7, 11) is 0. The van der Waals surface area contributed by atoms with Gasteiger partial charge in [-0.25, -0.2) is 0 Å². The van der Waals surface area contributed by atoms with E-state index in [0.717, 1.165) is 12.1 Å². The summed E-state index contributed by atoms with van der Waals surface area (Å²) in [5.74, 6) is -0.382. The zero-order chi connectivity index (χ0) is 14.8. The second-order valence-electron chi connectivity index (χ2n) is 5.59. The second kappa shape index (κ2) is 5.73. The standard InChI is InChI=1S/C15H19N3O3/c16-14(19)11-7-18(8-11)13-3-1-10(2-4-13)15(20)17-12-5-6-21-9-12/h1-4,11-12H,5-9H2,(H2,16,19)(H,17,20)/t12-/m0/s1. The molecule has 6 heteroatoms. The van der Waals surface area contributed by atoms with Crippen LogP contribution in [0.4, 0.5) is 5.69 Å². The van der Waals surface area contributed by atoms with Gasteiger partial charge in [0, 0.05) is 30.9 Å². The third-order valence-corrected chi connectivity index (χ3v) is 4.04. The predicted octanol–water partition coefficient (Wildman–Crippen LogP) is 0.127. The fourth-order valence-corrected chi connectivity index (χ4v) is 2.61. The molecule has 2 saturated heterocycles. The summed E-state index contributed by atoms with van der Waals surface area (Å²) in [5.41, 5.74) is 6.90. The van der Waals surface area contributed by atoms with Crippen LogP contribution in [0.15, 0.2) is 24.3 Å². The summed E-state index contributed by atoms with van der Waals surface area (Å²) >= 11 is 0. The molecule has 2 heterocycles. The number of rotatable bonds is 4. The van der Waals surface area contributed by atoms with E-state index in [2.05, 4.69) is 10.2 Å². The molecule has 2 aliphatic heterocycles. The maximum atomic E-state index is 12.1. The van der Waals surface area contributed by atoms with Gasteiger partial charge in [-0.1, -0.05) is 0 Å². The number of carbonyl (C=O) groups excluding carboxylic acids is 2. The normalized spacial score (nSPS) is 21.9. The van der Waals surface area contributed by atoms with Gasteiger partial charge < -0.3 is 20.7 Å². The lowest BCUT2D eigenvalue weighted by molar-refractivity contribution is -0.122. The van der Waals surface area contributed by atoms with Crippen LogP contribution in [0.2, 0.25) is 0 Å². The van der Waals surface area contributed by atoms with Gasteiger partial charge in [0.2, 0.25) is 5.91 Å². The quantitative estimate of drug-likeness (QED) is 0.825. The summed E-state index contributed by atoms with van der Waals surface area (Å²) in [6.45, 7) is 2.60. The first-order valence-corrected chi connectivity index (χ1v) is 7.16. The van der Waals surface area contributed by atoms with Crippen LogP contribution in [0.1, 0.15) is 16.8 Å². The molecule has 2 aliphatic rings. The van der Waals surface area contributed by atoms with Crippen LogP contribution < -0.4 is 16.0 Å². The summed E-state index contributed by atoms with van der Waals surface area (Å²) in [5, 5.41) is 2.96. The number of amides is 2. The number of carbonyl (C=O) groups is 2. The van der Waals surface area contributed by atoms with Crippen LogP contribution in [0.25, 0.3) is 0 Å². The van der Waals surface area contributed by atoms with Gasteiger partial charge in [0.25, 0.3) is 5.91 Å². The number of nitrogens with two attached hydrogens (primary N) is 1. The van der Waals surface area contributed by atoms with Crippen molar-refractivity contribution in [3.8, 4) is 0 Å². The third kappa shape index (κ3) is 3.00. The van der Waals surface area contributed by atoms with Crippen LogP contribution in [-0.2, 0) is 9.53 Å². The highest BCUT2D eigenvalue weighted by molar-refractivity contribution is 5.94. The molecule has 6 nitrogen and oxygen atoms in total. The van der Waals surface area contributed by atoms with Gasteiger partial charge in [-0.05, 0) is 30.7 Å². The monoisotopic (exact) mass is 289 g/mol. The minimum Gasteiger partial charge on any atom is -0.379 e. The molecule has 1 atom stereocenters. The van der Waals surface area contributed by atoms with E-state index >= 15 is 0 Å². The smallest absolute Gasteiger partial charge is 0.251 e. The Bertz CT molecular complexity index is 532. The summed E-state index contributed by atoms with van der Waals surface area (Å²) in [4.78, 5) is 25.1. The summed E-state index contributed by atoms with van der Waals surface area (Å²) < 4.78 is 5.24. The molecule has 1 aromatic rings. The molecule has 3 rings (SSSR count). The number of nitrogens with one attached hydrogen (secondary N) is 1. The zero-order valence-corrected chi connectivity index (χ0v) is 11.7. The van der Waals surface area contributed by atoms with Gasteiger partial charge in [-0.3, -0.25) is 9.59 Å². The molecule has 2 fully saturated rings. The summed E-state index contributed by atoms with van der Waals surface area (Å²) in [6.07, 6.45) is 0.867. The van der Waals surface area contributed by atoms with E-state index in [0.29, 0.717) is 31.9 Å². The zero-order valence-electron chi connectivity index (χ0n) is 11.7. The number of benzene rings is 1. The van der Waals surface area contributed by atoms with E-state index in [-0.39, 0.29) is 23.8 Å². The van der Waals surface area contributed by atoms with Crippen molar-refractivity contribution in [2.45, 2.75) is 12.5 Å². The van der Waals surface area contributed by atoms with Crippen molar-refractivity contribution in [2.24, 2.45) is 11.7 Å². The van der Waals surface area contributed by atoms with Crippen molar-refractivity contribution in [3.63, 3.8) is 0 Å². The average molecular weight is 289 g/mol. The van der Waals surface area contributed by atoms with Gasteiger partial charge in [0.15, 0.2) is 0 Å². The van der Waals surface area contributed by atoms with Crippen LogP contribution in [0.5, 0.6) is 0 Å². The number of nitrogens with zero attached hydrogens (tertiary/aromatic N) is 1. The molecular formula is C15H19N3O3. The largest absolute Gasteiger partial charge is 0.379 e. The van der Waals surface area contributed by atoms with Crippen molar-refractivity contribution in [1.29, 1.82) is 0 Å². The van der Waals surface area contributed by atoms with Crippen molar-refractivity contribution in [1.82, 2.24) is 5.32 Å². The van der Waals surface area contributed by atoms with Crippen LogP contribution in [0.3, 0.4) is 0 Å². The Balaban J connectivity index is 1.56. The van der Waals surface area contributed by atoms with Gasteiger partial charge in [-0.15, -0.1) is 0 Å². The predicted molar refractivity (Wildman–Crippen MR) is 78.0 cm³/mol. The number of hydrogen-bond acceptors (Lipinski definition) is 4. The molecule has 0 spiro atoms. The average Bonchev–Trinajstić information content (AvgIpc) is 2.90. The van der Waals surface area contributed by atoms with E-state index in [9.17, 15) is 9.59 Å². The first kappa shape index (κ1) is 13.9. The Morgan fingerprint density at radius 1 is 1.24 bits per heavy atom. The minimum absolute atomic E-state index is 0.0599. The number of hydrogen-bond donors (Lipinski definition) is 2. The topological polar surface area (TPSA) is 84.7 Å². The Kier molecular flexibility index (Phi) is 3.79. The second-order valence-corrected chi connectivity index (χ2v) is 5.59. The fraction of sp³-hybridized carbons (Fsp3) is 0.467. The van der Waals surface area contributed by atoms with E-state index in [4.69, 9.17) is 10.5 Å². The molecule has 21 heavy (non-hydrogen) atoms. The lowest BCUT2D eigenvalue weighted by Gasteiger charge is -2.39. The van der Waals surface area contributed by atoms with Crippen LogP contribution >= 0.6 is 0 Å². The highest BCUT2D eigenvalue weighted by atomic mass is 16.5. The molecule has 112 valence electrons. The minimum atomic E-state index is -0.249. The van der Waals surface area contributed by atoms with Gasteiger partial charge >= 0.3 is 0 Å². The molecule has 2 amide bonds. The van der Waals surface area contributed by atoms with E-state index in [1.807, 2.05) is 12.1 Å². The fourth-order valence-electron chi connectivity index (χ4n) is 2.61. The van der Waals surface area contributed by atoms with Crippen LogP contribution in [-0.4, -0.2) is 44.2 Å². The Hall–Kier alpha value is -2.08. The number of primary amides is 1. The van der Waals surface area contributed by atoms with E-state index in [1.165, 1.54) is 0 Å². The molecule has 0 unspecified atom stereocenters. The molecule has 0 radical (unpaired) electrons. The molecule has 3 N–H and O–H groups in total. The summed E-state index contributed by atoms with van der Waals surface area (Å²) in [6, 6.07) is 7.52. The Morgan fingerprint density at radius 3 is 2.52 bits per heavy atom. The van der Waals surface area contributed by atoms with Crippen molar-refractivity contribution < 1.29 is 14.3 Å². The van der Waals surface area contributed by atoms with Crippen molar-refractivity contribution in [2.75, 3.05) is 31.2 Å². The molecule has 0 aromatic heterocycles. The molecule has 0 bridgehead atoms. The Morgan fingerprint density at radius 2 is 1.95 bits per heavy atom. The lowest BCUT2D eigenvalue weighted by Crippen LogP contribution is -2.52. The van der Waals surface area contributed by atoms with Gasteiger partial charge in [0.1, 0.15) is 0 Å². The van der Waals surface area contributed by atoms with E-state index in [1.54, 1.807) is 12.1 Å². The van der Waals surface area contributed by atoms with Crippen LogP contribution in [0, 0.1) is 5.92 Å². The molecular weight excluding hydrogens is 270 g/mol. The maximum Gasteiger partial charge on any atom is 0.251 e. The van der Waals surface area contributed by atoms with Gasteiger partial charge in [-0.2, -0.15) is 0 Å². The first-order valence-electron chi connectivity index (χ1n) is 7.16. The Labute approximate surface area is 123 Å². The first-order chi connectivity index (χ1) is 10.1. The van der Waals surface area contributed by atoms with Crippen molar-refractivity contribution >= 4 is 17.5 Å². The third-order valence-electron chi connectivity index (χ3n) is 4.04. The highest BCUT2D eigenvalue weighted by Gasteiger charge is 2.31. The number of ether oxygens (including phenoxy) is 1. The molecule has 1 aromatic carbocycles. The highest BCUT2D eigenvalue weighted by Crippen LogP contribution is 2.24. The SMILES string of the molecule is NC(=O)C1CN(c2ccc(C(=O)N[C@H]3CCOC3)cc2)C1. The van der Waals surface area contributed by atoms with Gasteiger partial charge in [0.05, 0.1) is 18.6 Å². The van der Waals surface area contributed by atoms with Crippen molar-refractivity contribution in [3.05, 3.63) is 29.8 Å². The maximum absolute atomic E-state index is 12.1.